The lowest BCUT2D eigenvalue weighted by Gasteiger charge is -2.32. The lowest BCUT2D eigenvalue weighted by Crippen LogP contribution is -2.42. The molecule has 0 saturated carbocycles. The van der Waals surface area contributed by atoms with Gasteiger partial charge in [0.05, 0.1) is 30.1 Å². The molecule has 4 heterocycles. The number of ether oxygens (including phenoxy) is 1. The van der Waals surface area contributed by atoms with E-state index in [1.54, 1.807) is 17.1 Å². The van der Waals surface area contributed by atoms with Crippen LogP contribution in [0.1, 0.15) is 40.7 Å². The first-order valence-corrected chi connectivity index (χ1v) is 9.11. The minimum atomic E-state index is -0.228. The molecule has 8 heteroatoms. The van der Waals surface area contributed by atoms with Gasteiger partial charge in [0.25, 0.3) is 5.91 Å². The van der Waals surface area contributed by atoms with Crippen LogP contribution in [0.5, 0.6) is 0 Å². The van der Waals surface area contributed by atoms with Crippen LogP contribution in [0.3, 0.4) is 0 Å². The van der Waals surface area contributed by atoms with E-state index in [1.807, 2.05) is 24.9 Å². The van der Waals surface area contributed by atoms with Crippen LogP contribution in [0.4, 0.5) is 5.95 Å². The average Bonchev–Trinajstić information content (AvgIpc) is 3.31. The molecule has 2 saturated heterocycles. The average molecular weight is 356 g/mol. The van der Waals surface area contributed by atoms with Crippen molar-refractivity contribution in [2.75, 3.05) is 37.7 Å². The highest BCUT2D eigenvalue weighted by atomic mass is 16.5. The number of hydrogen-bond acceptors (Lipinski definition) is 6. The van der Waals surface area contributed by atoms with E-state index in [4.69, 9.17) is 9.72 Å². The summed E-state index contributed by atoms with van der Waals surface area (Å²) in [4.78, 5) is 26.0. The number of carbonyl (C=O) groups is 1. The molecule has 2 aliphatic rings. The van der Waals surface area contributed by atoms with E-state index in [-0.39, 0.29) is 12.0 Å². The van der Waals surface area contributed by atoms with Gasteiger partial charge < -0.3 is 14.5 Å². The fourth-order valence-electron chi connectivity index (χ4n) is 3.60. The molecule has 8 nitrogen and oxygen atoms in total. The first kappa shape index (κ1) is 17.0. The van der Waals surface area contributed by atoms with E-state index < -0.39 is 0 Å². The van der Waals surface area contributed by atoms with Gasteiger partial charge in [0, 0.05) is 39.1 Å². The Labute approximate surface area is 152 Å². The number of carbonyl (C=O) groups excluding carboxylic acids is 1. The Morgan fingerprint density at radius 1 is 1.27 bits per heavy atom. The number of amides is 1. The molecule has 0 aromatic carbocycles. The van der Waals surface area contributed by atoms with Gasteiger partial charge >= 0.3 is 0 Å². The smallest absolute Gasteiger partial charge is 0.257 e. The molecule has 1 unspecified atom stereocenters. The van der Waals surface area contributed by atoms with Crippen LogP contribution in [-0.2, 0) is 11.8 Å². The van der Waals surface area contributed by atoms with Crippen molar-refractivity contribution in [1.82, 2.24) is 24.6 Å². The number of hydrogen-bond donors (Lipinski definition) is 0. The molecule has 4 rings (SSSR count). The van der Waals surface area contributed by atoms with Gasteiger partial charge in [-0.2, -0.15) is 5.10 Å². The van der Waals surface area contributed by atoms with Crippen LogP contribution >= 0.6 is 0 Å². The molecule has 1 atom stereocenters. The third-order valence-corrected chi connectivity index (χ3v) is 4.98. The summed E-state index contributed by atoms with van der Waals surface area (Å²) in [5.74, 6) is 0.757. The summed E-state index contributed by atoms with van der Waals surface area (Å²) >= 11 is 0. The second-order valence-electron chi connectivity index (χ2n) is 6.89. The SMILES string of the molecule is Cc1nn(C)cc1C(=O)N1CCOC(c2ccnc(N3CCCC3)n2)C1. The maximum absolute atomic E-state index is 12.9. The topological polar surface area (TPSA) is 76.4 Å². The van der Waals surface area contributed by atoms with Crippen LogP contribution in [-0.4, -0.2) is 63.3 Å². The van der Waals surface area contributed by atoms with Crippen molar-refractivity contribution in [2.24, 2.45) is 7.05 Å². The Hall–Kier alpha value is -2.48. The van der Waals surface area contributed by atoms with Crippen molar-refractivity contribution in [3.63, 3.8) is 0 Å². The summed E-state index contributed by atoms with van der Waals surface area (Å²) in [5.41, 5.74) is 2.23. The second kappa shape index (κ2) is 7.03. The first-order chi connectivity index (χ1) is 12.6. The number of aryl methyl sites for hydroxylation is 2. The maximum atomic E-state index is 12.9. The summed E-state index contributed by atoms with van der Waals surface area (Å²) in [5, 5.41) is 4.27. The maximum Gasteiger partial charge on any atom is 0.257 e. The number of nitrogens with zero attached hydrogens (tertiary/aromatic N) is 6. The largest absolute Gasteiger partial charge is 0.368 e. The highest BCUT2D eigenvalue weighted by Crippen LogP contribution is 2.24. The Balaban J connectivity index is 1.51. The van der Waals surface area contributed by atoms with E-state index in [2.05, 4.69) is 15.0 Å². The molecule has 0 N–H and O–H groups in total. The predicted octanol–water partition coefficient (Wildman–Crippen LogP) is 1.33. The zero-order chi connectivity index (χ0) is 18.1. The molecule has 1 amide bonds. The molecule has 2 aromatic rings. The molecule has 2 aromatic heterocycles. The monoisotopic (exact) mass is 356 g/mol. The van der Waals surface area contributed by atoms with Crippen molar-refractivity contribution in [2.45, 2.75) is 25.9 Å². The van der Waals surface area contributed by atoms with Gasteiger partial charge in [0.1, 0.15) is 6.10 Å². The molecule has 0 radical (unpaired) electrons. The van der Waals surface area contributed by atoms with Gasteiger partial charge in [-0.15, -0.1) is 0 Å². The Morgan fingerprint density at radius 3 is 2.81 bits per heavy atom. The predicted molar refractivity (Wildman–Crippen MR) is 96.0 cm³/mol. The van der Waals surface area contributed by atoms with E-state index in [0.29, 0.717) is 25.3 Å². The Bertz CT molecular complexity index is 799. The third kappa shape index (κ3) is 3.29. The zero-order valence-electron chi connectivity index (χ0n) is 15.3. The van der Waals surface area contributed by atoms with Gasteiger partial charge in [-0.3, -0.25) is 9.48 Å². The molecule has 26 heavy (non-hydrogen) atoms. The second-order valence-corrected chi connectivity index (χ2v) is 6.89. The number of aromatic nitrogens is 4. The standard InChI is InChI=1S/C18H24N6O2/c1-13-14(11-22(2)21-13)17(25)24-9-10-26-16(12-24)15-5-6-19-18(20-15)23-7-3-4-8-23/h5-6,11,16H,3-4,7-10,12H2,1-2H3. The number of rotatable bonds is 3. The van der Waals surface area contributed by atoms with Crippen molar-refractivity contribution in [3.05, 3.63) is 35.4 Å². The van der Waals surface area contributed by atoms with Gasteiger partial charge in [-0.05, 0) is 25.8 Å². The lowest BCUT2D eigenvalue weighted by molar-refractivity contribution is -0.0247. The fraction of sp³-hybridized carbons (Fsp3) is 0.556. The van der Waals surface area contributed by atoms with Crippen LogP contribution in [0.25, 0.3) is 0 Å². The normalized spacial score (nSPS) is 20.6. The zero-order valence-corrected chi connectivity index (χ0v) is 15.3. The van der Waals surface area contributed by atoms with Gasteiger partial charge in [0.15, 0.2) is 0 Å². The van der Waals surface area contributed by atoms with E-state index in [1.165, 1.54) is 12.8 Å². The van der Waals surface area contributed by atoms with Gasteiger partial charge in [-0.1, -0.05) is 0 Å². The molecule has 2 aliphatic heterocycles. The van der Waals surface area contributed by atoms with Crippen LogP contribution in [0.2, 0.25) is 0 Å². The minimum absolute atomic E-state index is 0.00211. The van der Waals surface area contributed by atoms with Gasteiger partial charge in [-0.25, -0.2) is 9.97 Å². The quantitative estimate of drug-likeness (QED) is 0.826. The van der Waals surface area contributed by atoms with E-state index in [0.717, 1.165) is 30.4 Å². The number of anilines is 1. The van der Waals surface area contributed by atoms with Gasteiger partial charge in [0.2, 0.25) is 5.95 Å². The molecule has 2 fully saturated rings. The van der Waals surface area contributed by atoms with Crippen LogP contribution in [0, 0.1) is 6.92 Å². The molecular weight excluding hydrogens is 332 g/mol. The molecule has 0 aliphatic carbocycles. The first-order valence-electron chi connectivity index (χ1n) is 9.11. The summed E-state index contributed by atoms with van der Waals surface area (Å²) in [6.07, 6.45) is 5.69. The van der Waals surface area contributed by atoms with Crippen LogP contribution < -0.4 is 4.90 Å². The summed E-state index contributed by atoms with van der Waals surface area (Å²) in [6.45, 7) is 5.42. The van der Waals surface area contributed by atoms with Crippen molar-refractivity contribution >= 4 is 11.9 Å². The van der Waals surface area contributed by atoms with E-state index in [9.17, 15) is 4.79 Å². The van der Waals surface area contributed by atoms with Crippen molar-refractivity contribution in [3.8, 4) is 0 Å². The molecule has 0 spiro atoms. The Morgan fingerprint density at radius 2 is 2.08 bits per heavy atom. The fourth-order valence-corrected chi connectivity index (χ4v) is 3.60. The third-order valence-electron chi connectivity index (χ3n) is 4.98. The van der Waals surface area contributed by atoms with Crippen molar-refractivity contribution in [1.29, 1.82) is 0 Å². The summed E-state index contributed by atoms with van der Waals surface area (Å²) in [6, 6.07) is 1.88. The van der Waals surface area contributed by atoms with Crippen LogP contribution in [0.15, 0.2) is 18.5 Å². The molecule has 0 bridgehead atoms. The summed E-state index contributed by atoms with van der Waals surface area (Å²) in [7, 11) is 1.83. The molecular formula is C18H24N6O2. The Kier molecular flexibility index (Phi) is 4.58. The number of morpholine rings is 1. The van der Waals surface area contributed by atoms with E-state index >= 15 is 0 Å². The summed E-state index contributed by atoms with van der Waals surface area (Å²) < 4.78 is 7.58. The highest BCUT2D eigenvalue weighted by molar-refractivity contribution is 5.95. The molecule has 138 valence electrons. The minimum Gasteiger partial charge on any atom is -0.368 e. The lowest BCUT2D eigenvalue weighted by atomic mass is 10.1. The highest BCUT2D eigenvalue weighted by Gasteiger charge is 2.29. The van der Waals surface area contributed by atoms with Crippen molar-refractivity contribution < 1.29 is 9.53 Å².